The molecule has 0 radical (unpaired) electrons. The fraction of sp³-hybridized carbons (Fsp3) is 0.400. The van der Waals surface area contributed by atoms with Crippen LogP contribution in [0.3, 0.4) is 0 Å². The van der Waals surface area contributed by atoms with Gasteiger partial charge in [0.1, 0.15) is 5.82 Å². The van der Waals surface area contributed by atoms with E-state index in [2.05, 4.69) is 5.32 Å². The van der Waals surface area contributed by atoms with Crippen LogP contribution in [0.15, 0.2) is 18.2 Å². The summed E-state index contributed by atoms with van der Waals surface area (Å²) >= 11 is 5.59. The van der Waals surface area contributed by atoms with Crippen molar-refractivity contribution in [2.45, 2.75) is 12.5 Å². The van der Waals surface area contributed by atoms with E-state index in [0.29, 0.717) is 25.2 Å². The maximum Gasteiger partial charge on any atom is 0.141 e. The maximum atomic E-state index is 12.8. The molecule has 0 saturated carbocycles. The van der Waals surface area contributed by atoms with E-state index in [9.17, 15) is 9.50 Å². The Kier molecular flexibility index (Phi) is 4.81. The van der Waals surface area contributed by atoms with Crippen LogP contribution >= 0.6 is 11.6 Å². The minimum absolute atomic E-state index is 0.0633. The van der Waals surface area contributed by atoms with E-state index in [-0.39, 0.29) is 5.02 Å². The van der Waals surface area contributed by atoms with E-state index in [4.69, 9.17) is 17.3 Å². The van der Waals surface area contributed by atoms with Crippen molar-refractivity contribution in [3.05, 3.63) is 29.0 Å². The van der Waals surface area contributed by atoms with Crippen LogP contribution in [-0.4, -0.2) is 24.3 Å². The van der Waals surface area contributed by atoms with Gasteiger partial charge < -0.3 is 16.2 Å². The second kappa shape index (κ2) is 5.90. The van der Waals surface area contributed by atoms with Crippen molar-refractivity contribution in [1.29, 1.82) is 0 Å². The Hall–Kier alpha value is -0.840. The van der Waals surface area contributed by atoms with Gasteiger partial charge in [0.05, 0.1) is 11.1 Å². The molecule has 5 heteroatoms. The molecule has 0 heterocycles. The highest BCUT2D eigenvalue weighted by Gasteiger charge is 2.04. The van der Waals surface area contributed by atoms with E-state index in [0.717, 1.165) is 0 Å². The first-order valence-corrected chi connectivity index (χ1v) is 5.08. The quantitative estimate of drug-likeness (QED) is 0.723. The highest BCUT2D eigenvalue weighted by molar-refractivity contribution is 6.31. The Morgan fingerprint density at radius 1 is 1.53 bits per heavy atom. The second-order valence-corrected chi connectivity index (χ2v) is 3.65. The van der Waals surface area contributed by atoms with Crippen molar-refractivity contribution in [2.24, 2.45) is 5.73 Å². The van der Waals surface area contributed by atoms with Crippen molar-refractivity contribution >= 4 is 17.3 Å². The largest absolute Gasteiger partial charge is 0.391 e. The van der Waals surface area contributed by atoms with Gasteiger partial charge in [0.25, 0.3) is 0 Å². The summed E-state index contributed by atoms with van der Waals surface area (Å²) in [5, 5.41) is 12.4. The number of benzene rings is 1. The Morgan fingerprint density at radius 3 is 2.87 bits per heavy atom. The lowest BCUT2D eigenvalue weighted by atomic mass is 10.2. The predicted octanol–water partition coefficient (Wildman–Crippen LogP) is 1.60. The zero-order valence-electron chi connectivity index (χ0n) is 8.21. The topological polar surface area (TPSA) is 58.3 Å². The van der Waals surface area contributed by atoms with Crippen molar-refractivity contribution in [3.63, 3.8) is 0 Å². The number of aliphatic hydroxyl groups excluding tert-OH is 1. The molecular formula is C10H14ClFN2O. The van der Waals surface area contributed by atoms with E-state index >= 15 is 0 Å². The lowest BCUT2D eigenvalue weighted by Crippen LogP contribution is -2.22. The number of anilines is 1. The van der Waals surface area contributed by atoms with Crippen molar-refractivity contribution in [3.8, 4) is 0 Å². The SMILES string of the molecule is NCCC(O)CNc1ccc(F)c(Cl)c1. The van der Waals surface area contributed by atoms with Crippen LogP contribution in [0.2, 0.25) is 5.02 Å². The van der Waals surface area contributed by atoms with Gasteiger partial charge in [-0.25, -0.2) is 4.39 Å². The van der Waals surface area contributed by atoms with Crippen LogP contribution in [0.4, 0.5) is 10.1 Å². The summed E-state index contributed by atoms with van der Waals surface area (Å²) in [5.74, 6) is -0.454. The fourth-order valence-corrected chi connectivity index (χ4v) is 1.32. The van der Waals surface area contributed by atoms with Gasteiger partial charge in [-0.3, -0.25) is 0 Å². The minimum Gasteiger partial charge on any atom is -0.391 e. The molecule has 3 nitrogen and oxygen atoms in total. The third-order valence-corrected chi connectivity index (χ3v) is 2.25. The summed E-state index contributed by atoms with van der Waals surface area (Å²) in [5.41, 5.74) is 5.96. The number of aliphatic hydroxyl groups is 1. The highest BCUT2D eigenvalue weighted by atomic mass is 35.5. The van der Waals surface area contributed by atoms with Gasteiger partial charge in [-0.15, -0.1) is 0 Å². The molecule has 1 aromatic carbocycles. The monoisotopic (exact) mass is 232 g/mol. The van der Waals surface area contributed by atoms with Gasteiger partial charge >= 0.3 is 0 Å². The third-order valence-electron chi connectivity index (χ3n) is 1.96. The summed E-state index contributed by atoms with van der Waals surface area (Å²) in [6.07, 6.45) is 0.0286. The molecule has 0 amide bonds. The number of halogens is 2. The normalized spacial score (nSPS) is 12.5. The van der Waals surface area contributed by atoms with E-state index in [1.165, 1.54) is 12.1 Å². The Morgan fingerprint density at radius 2 is 2.27 bits per heavy atom. The van der Waals surface area contributed by atoms with Crippen LogP contribution in [0.1, 0.15) is 6.42 Å². The van der Waals surface area contributed by atoms with Crippen LogP contribution in [0, 0.1) is 5.82 Å². The fourth-order valence-electron chi connectivity index (χ4n) is 1.14. The zero-order valence-corrected chi connectivity index (χ0v) is 8.97. The van der Waals surface area contributed by atoms with E-state index in [1.54, 1.807) is 6.07 Å². The first kappa shape index (κ1) is 12.2. The van der Waals surface area contributed by atoms with E-state index in [1.807, 2.05) is 0 Å². The van der Waals surface area contributed by atoms with Gasteiger partial charge in [0, 0.05) is 12.2 Å². The van der Waals surface area contributed by atoms with E-state index < -0.39 is 11.9 Å². The van der Waals surface area contributed by atoms with Crippen molar-refractivity contribution in [2.75, 3.05) is 18.4 Å². The molecule has 0 saturated heterocycles. The number of nitrogens with one attached hydrogen (secondary N) is 1. The molecule has 1 rings (SSSR count). The standard InChI is InChI=1S/C10H14ClFN2O/c11-9-5-7(1-2-10(9)12)14-6-8(15)3-4-13/h1-2,5,8,14-15H,3-4,6,13H2. The average Bonchev–Trinajstić information content (AvgIpc) is 2.20. The van der Waals surface area contributed by atoms with Crippen LogP contribution in [0.25, 0.3) is 0 Å². The molecular weight excluding hydrogens is 219 g/mol. The van der Waals surface area contributed by atoms with Gasteiger partial charge in [0.2, 0.25) is 0 Å². The molecule has 4 N–H and O–H groups in total. The number of nitrogens with two attached hydrogens (primary N) is 1. The van der Waals surface area contributed by atoms with Gasteiger partial charge in [-0.2, -0.15) is 0 Å². The summed E-state index contributed by atoms with van der Waals surface area (Å²) in [6, 6.07) is 4.32. The number of rotatable bonds is 5. The molecule has 0 aliphatic heterocycles. The lowest BCUT2D eigenvalue weighted by molar-refractivity contribution is 0.180. The molecule has 1 aromatic rings. The zero-order chi connectivity index (χ0) is 11.3. The summed E-state index contributed by atoms with van der Waals surface area (Å²) in [6.45, 7) is 0.812. The van der Waals surface area contributed by atoms with Crippen LogP contribution in [0.5, 0.6) is 0 Å². The molecule has 0 aliphatic carbocycles. The molecule has 0 aliphatic rings. The maximum absolute atomic E-state index is 12.8. The Labute approximate surface area is 93.0 Å². The summed E-state index contributed by atoms with van der Waals surface area (Å²) < 4.78 is 12.8. The lowest BCUT2D eigenvalue weighted by Gasteiger charge is -2.11. The molecule has 1 atom stereocenters. The Bertz CT molecular complexity index is 322. The molecule has 84 valence electrons. The number of hydrogen-bond donors (Lipinski definition) is 3. The van der Waals surface area contributed by atoms with Crippen molar-refractivity contribution in [1.82, 2.24) is 0 Å². The first-order valence-electron chi connectivity index (χ1n) is 4.70. The molecule has 15 heavy (non-hydrogen) atoms. The second-order valence-electron chi connectivity index (χ2n) is 3.24. The van der Waals surface area contributed by atoms with Gasteiger partial charge in [0.15, 0.2) is 0 Å². The summed E-state index contributed by atoms with van der Waals surface area (Å²) in [4.78, 5) is 0. The minimum atomic E-state index is -0.501. The molecule has 0 spiro atoms. The van der Waals surface area contributed by atoms with Crippen LogP contribution < -0.4 is 11.1 Å². The average molecular weight is 233 g/mol. The molecule has 0 fully saturated rings. The van der Waals surface area contributed by atoms with Gasteiger partial charge in [-0.1, -0.05) is 11.6 Å². The smallest absolute Gasteiger partial charge is 0.141 e. The Balaban J connectivity index is 2.47. The molecule has 1 unspecified atom stereocenters. The molecule has 0 aromatic heterocycles. The highest BCUT2D eigenvalue weighted by Crippen LogP contribution is 2.19. The third kappa shape index (κ3) is 4.03. The molecule has 0 bridgehead atoms. The number of hydrogen-bond acceptors (Lipinski definition) is 3. The van der Waals surface area contributed by atoms with Crippen molar-refractivity contribution < 1.29 is 9.50 Å². The van der Waals surface area contributed by atoms with Crippen LogP contribution in [-0.2, 0) is 0 Å². The predicted molar refractivity (Wildman–Crippen MR) is 59.6 cm³/mol. The van der Waals surface area contributed by atoms with Gasteiger partial charge in [-0.05, 0) is 31.2 Å². The first-order chi connectivity index (χ1) is 7.13. The summed E-state index contributed by atoms with van der Waals surface area (Å²) in [7, 11) is 0.